The number of methoxy groups -OCH3 is 3. The average Bonchev–Trinajstić information content (AvgIpc) is 3.06. The number of hydrogen-bond acceptors (Lipinski definition) is 6. The maximum absolute atomic E-state index is 11.6. The number of esters is 1. The van der Waals surface area contributed by atoms with Gasteiger partial charge in [0.1, 0.15) is 11.3 Å². The first-order valence-corrected chi connectivity index (χ1v) is 8.58. The van der Waals surface area contributed by atoms with Gasteiger partial charge in [0.05, 0.1) is 26.8 Å². The summed E-state index contributed by atoms with van der Waals surface area (Å²) < 4.78 is 23.8. The van der Waals surface area contributed by atoms with Gasteiger partial charge < -0.3 is 23.5 Å². The minimum Gasteiger partial charge on any atom is -0.493 e. The lowest BCUT2D eigenvalue weighted by atomic mass is 9.99. The molecule has 140 valence electrons. The quantitative estimate of drug-likeness (QED) is 0.520. The summed E-state index contributed by atoms with van der Waals surface area (Å²) in [5.41, 5.74) is 3.60. The molecule has 0 bridgehead atoms. The highest BCUT2D eigenvalue weighted by atomic mass is 16.6. The smallest absolute Gasteiger partial charge is 0.308 e. The summed E-state index contributed by atoms with van der Waals surface area (Å²) in [4.78, 5) is 16.4. The molecule has 4 rings (SSSR count). The summed E-state index contributed by atoms with van der Waals surface area (Å²) in [6, 6.07) is 7.56. The Morgan fingerprint density at radius 2 is 1.74 bits per heavy atom. The molecule has 7 heteroatoms. The second kappa shape index (κ2) is 6.50. The third kappa shape index (κ3) is 2.66. The highest BCUT2D eigenvalue weighted by Gasteiger charge is 2.26. The first kappa shape index (κ1) is 17.2. The van der Waals surface area contributed by atoms with E-state index in [2.05, 4.69) is 4.57 Å². The van der Waals surface area contributed by atoms with E-state index in [1.165, 1.54) is 6.92 Å². The zero-order valence-electron chi connectivity index (χ0n) is 15.7. The van der Waals surface area contributed by atoms with Crippen LogP contribution in [0.5, 0.6) is 23.0 Å². The molecule has 0 saturated carbocycles. The summed E-state index contributed by atoms with van der Waals surface area (Å²) in [5, 5.41) is 0. The van der Waals surface area contributed by atoms with Gasteiger partial charge in [0.15, 0.2) is 23.0 Å². The van der Waals surface area contributed by atoms with Crippen LogP contribution in [-0.4, -0.2) is 36.8 Å². The standard InChI is InChI=1S/C20H20N2O5/c1-11(23)27-19-15(24-2)6-5-14-18(19)22-8-7-12-9-16(25-3)17(26-4)10-13(12)20(22)21-14/h5-6,9-10H,7-8H2,1-4H3. The fourth-order valence-electron chi connectivity index (χ4n) is 3.57. The summed E-state index contributed by atoms with van der Waals surface area (Å²) in [6.45, 7) is 2.08. The highest BCUT2D eigenvalue weighted by Crippen LogP contribution is 2.43. The molecule has 0 fully saturated rings. The van der Waals surface area contributed by atoms with Crippen LogP contribution in [0.15, 0.2) is 24.3 Å². The normalized spacial score (nSPS) is 12.3. The van der Waals surface area contributed by atoms with Crippen molar-refractivity contribution < 1.29 is 23.7 Å². The van der Waals surface area contributed by atoms with Crippen LogP contribution >= 0.6 is 0 Å². The molecule has 0 spiro atoms. The van der Waals surface area contributed by atoms with E-state index in [1.807, 2.05) is 18.2 Å². The zero-order chi connectivity index (χ0) is 19.1. The SMILES string of the molecule is COc1cc2c(cc1OC)-c1nc3ccc(OC)c(OC(C)=O)c3n1CC2. The Balaban J connectivity index is 1.98. The van der Waals surface area contributed by atoms with E-state index in [4.69, 9.17) is 23.9 Å². The van der Waals surface area contributed by atoms with E-state index < -0.39 is 5.97 Å². The summed E-state index contributed by atoms with van der Waals surface area (Å²) >= 11 is 0. The second-order valence-electron chi connectivity index (χ2n) is 6.26. The molecule has 2 heterocycles. The van der Waals surface area contributed by atoms with Crippen LogP contribution in [0.1, 0.15) is 12.5 Å². The monoisotopic (exact) mass is 368 g/mol. The van der Waals surface area contributed by atoms with Crippen LogP contribution in [0.2, 0.25) is 0 Å². The minimum atomic E-state index is -0.404. The van der Waals surface area contributed by atoms with Crippen LogP contribution in [0, 0.1) is 0 Å². The number of fused-ring (bicyclic) bond motifs is 5. The summed E-state index contributed by atoms with van der Waals surface area (Å²) in [6.07, 6.45) is 0.796. The first-order valence-electron chi connectivity index (χ1n) is 8.58. The van der Waals surface area contributed by atoms with Crippen LogP contribution in [0.4, 0.5) is 0 Å². The largest absolute Gasteiger partial charge is 0.493 e. The van der Waals surface area contributed by atoms with Gasteiger partial charge in [-0.3, -0.25) is 4.79 Å². The number of carbonyl (C=O) groups excluding carboxylic acids is 1. The molecule has 7 nitrogen and oxygen atoms in total. The van der Waals surface area contributed by atoms with Crippen molar-refractivity contribution in [3.63, 3.8) is 0 Å². The fourth-order valence-corrected chi connectivity index (χ4v) is 3.57. The number of nitrogens with zero attached hydrogens (tertiary/aromatic N) is 2. The lowest BCUT2D eigenvalue weighted by molar-refractivity contribution is -0.131. The average molecular weight is 368 g/mol. The molecule has 0 atom stereocenters. The number of ether oxygens (including phenoxy) is 4. The van der Waals surface area contributed by atoms with E-state index >= 15 is 0 Å². The third-order valence-electron chi connectivity index (χ3n) is 4.75. The van der Waals surface area contributed by atoms with Crippen molar-refractivity contribution in [1.29, 1.82) is 0 Å². The Hall–Kier alpha value is -3.22. The van der Waals surface area contributed by atoms with Gasteiger partial charge in [-0.2, -0.15) is 0 Å². The zero-order valence-corrected chi connectivity index (χ0v) is 15.7. The van der Waals surface area contributed by atoms with Crippen molar-refractivity contribution in [3.05, 3.63) is 29.8 Å². The number of imidazole rings is 1. The predicted molar refractivity (Wildman–Crippen MR) is 99.8 cm³/mol. The maximum atomic E-state index is 11.6. The fraction of sp³-hybridized carbons (Fsp3) is 0.300. The van der Waals surface area contributed by atoms with Crippen LogP contribution in [0.25, 0.3) is 22.4 Å². The number of rotatable bonds is 4. The number of aryl methyl sites for hydroxylation is 2. The topological polar surface area (TPSA) is 71.8 Å². The number of carbonyl (C=O) groups is 1. The van der Waals surface area contributed by atoms with E-state index in [1.54, 1.807) is 27.4 Å². The van der Waals surface area contributed by atoms with Gasteiger partial charge in [0.2, 0.25) is 0 Å². The molecule has 2 aromatic carbocycles. The van der Waals surface area contributed by atoms with Gasteiger partial charge >= 0.3 is 5.97 Å². The molecule has 0 N–H and O–H groups in total. The van der Waals surface area contributed by atoms with Gasteiger partial charge in [-0.05, 0) is 36.2 Å². The molecule has 0 aliphatic carbocycles. The number of aromatic nitrogens is 2. The van der Waals surface area contributed by atoms with Gasteiger partial charge in [-0.15, -0.1) is 0 Å². The van der Waals surface area contributed by atoms with Crippen LogP contribution in [-0.2, 0) is 17.8 Å². The maximum Gasteiger partial charge on any atom is 0.308 e. The Morgan fingerprint density at radius 1 is 1.04 bits per heavy atom. The Labute approximate surface area is 156 Å². The molecule has 0 amide bonds. The molecule has 0 radical (unpaired) electrons. The molecular weight excluding hydrogens is 348 g/mol. The summed E-state index contributed by atoms with van der Waals surface area (Å²) in [5.74, 6) is 2.63. The lowest BCUT2D eigenvalue weighted by Gasteiger charge is -2.21. The molecule has 0 saturated heterocycles. The Morgan fingerprint density at radius 3 is 2.41 bits per heavy atom. The summed E-state index contributed by atoms with van der Waals surface area (Å²) in [7, 11) is 4.79. The van der Waals surface area contributed by atoms with Gasteiger partial charge in [0, 0.05) is 19.0 Å². The highest BCUT2D eigenvalue weighted by molar-refractivity contribution is 5.91. The van der Waals surface area contributed by atoms with Crippen molar-refractivity contribution in [3.8, 4) is 34.4 Å². The second-order valence-corrected chi connectivity index (χ2v) is 6.26. The van der Waals surface area contributed by atoms with Crippen LogP contribution < -0.4 is 18.9 Å². The van der Waals surface area contributed by atoms with E-state index in [-0.39, 0.29) is 0 Å². The van der Waals surface area contributed by atoms with Crippen LogP contribution in [0.3, 0.4) is 0 Å². The molecule has 27 heavy (non-hydrogen) atoms. The number of benzene rings is 2. The van der Waals surface area contributed by atoms with Crippen molar-refractivity contribution in [1.82, 2.24) is 9.55 Å². The minimum absolute atomic E-state index is 0.394. The lowest BCUT2D eigenvalue weighted by Crippen LogP contribution is -2.13. The molecule has 3 aromatic rings. The van der Waals surface area contributed by atoms with Gasteiger partial charge in [0.25, 0.3) is 0 Å². The van der Waals surface area contributed by atoms with Gasteiger partial charge in [-0.1, -0.05) is 0 Å². The molecule has 1 aliphatic rings. The molecule has 1 aromatic heterocycles. The first-order chi connectivity index (χ1) is 13.1. The number of hydrogen-bond donors (Lipinski definition) is 0. The van der Waals surface area contributed by atoms with Crippen molar-refractivity contribution in [2.75, 3.05) is 21.3 Å². The molecule has 0 unspecified atom stereocenters. The van der Waals surface area contributed by atoms with Crippen molar-refractivity contribution in [2.24, 2.45) is 0 Å². The Kier molecular flexibility index (Phi) is 4.14. The van der Waals surface area contributed by atoms with Gasteiger partial charge in [-0.25, -0.2) is 4.98 Å². The molecular formula is C20H20N2O5. The van der Waals surface area contributed by atoms with E-state index in [0.29, 0.717) is 29.5 Å². The van der Waals surface area contributed by atoms with E-state index in [9.17, 15) is 4.79 Å². The predicted octanol–water partition coefficient (Wildman–Crippen LogP) is 3.21. The van der Waals surface area contributed by atoms with E-state index in [0.717, 1.165) is 34.4 Å². The third-order valence-corrected chi connectivity index (χ3v) is 4.75. The van der Waals surface area contributed by atoms with Crippen molar-refractivity contribution >= 4 is 17.0 Å². The molecule has 1 aliphatic heterocycles. The Bertz CT molecular complexity index is 1050. The van der Waals surface area contributed by atoms with Crippen molar-refractivity contribution in [2.45, 2.75) is 19.9 Å².